The summed E-state index contributed by atoms with van der Waals surface area (Å²) in [5.41, 5.74) is 2.76. The van der Waals surface area contributed by atoms with Crippen LogP contribution < -0.4 is 0 Å². The van der Waals surface area contributed by atoms with Crippen LogP contribution in [0.3, 0.4) is 0 Å². The number of benzene rings is 2. The van der Waals surface area contributed by atoms with E-state index in [1.165, 1.54) is 24.3 Å². The lowest BCUT2D eigenvalue weighted by Gasteiger charge is -2.23. The van der Waals surface area contributed by atoms with Crippen molar-refractivity contribution in [3.63, 3.8) is 0 Å². The molecule has 0 unspecified atom stereocenters. The lowest BCUT2D eigenvalue weighted by Crippen LogP contribution is -2.32. The Morgan fingerprint density at radius 3 is 2.09 bits per heavy atom. The maximum Gasteiger partial charge on any atom is 0.294 e. The molecule has 3 rings (SSSR count). The molecule has 180 valence electrons. The van der Waals surface area contributed by atoms with Gasteiger partial charge >= 0.3 is 0 Å². The van der Waals surface area contributed by atoms with E-state index < -0.39 is 15.9 Å². The molecule has 0 saturated carbocycles. The molecule has 0 saturated heterocycles. The van der Waals surface area contributed by atoms with Gasteiger partial charge in [-0.3, -0.25) is 9.35 Å². The van der Waals surface area contributed by atoms with E-state index in [0.717, 1.165) is 5.56 Å². The summed E-state index contributed by atoms with van der Waals surface area (Å²) < 4.78 is 45.5. The molecule has 0 radical (unpaired) electrons. The zero-order valence-corrected chi connectivity index (χ0v) is 20.4. The van der Waals surface area contributed by atoms with Crippen LogP contribution in [0.4, 0.5) is 4.39 Å². The Bertz CT molecular complexity index is 1270. The van der Waals surface area contributed by atoms with Crippen LogP contribution in [-0.2, 0) is 16.5 Å². The zero-order chi connectivity index (χ0) is 25.0. The number of halogens is 1. The Labute approximate surface area is 199 Å². The molecule has 0 atom stereocenters. The van der Waals surface area contributed by atoms with Crippen LogP contribution in [-0.4, -0.2) is 46.8 Å². The summed E-state index contributed by atoms with van der Waals surface area (Å²) in [4.78, 5) is 24.4. The molecule has 0 aliphatic rings. The number of nitrogens with zero attached hydrogens (tertiary/aromatic N) is 3. The van der Waals surface area contributed by atoms with Gasteiger partial charge in [-0.2, -0.15) is 8.42 Å². The first kappa shape index (κ1) is 25.5. The lowest BCUT2D eigenvalue weighted by molar-refractivity contribution is 0.0771. The fourth-order valence-corrected chi connectivity index (χ4v) is 4.16. The highest BCUT2D eigenvalue weighted by molar-refractivity contribution is 7.85. The SMILES string of the molecule is CCN(CC)C(=O)c1c(-c2ccc(F)cc2)nc(Cc2ccc(S(=O)(=O)O)cc2)nc1C(C)C. The van der Waals surface area contributed by atoms with Crippen molar-refractivity contribution in [1.82, 2.24) is 14.9 Å². The van der Waals surface area contributed by atoms with Crippen LogP contribution in [0.25, 0.3) is 11.3 Å². The maximum absolute atomic E-state index is 13.6. The van der Waals surface area contributed by atoms with Crippen molar-refractivity contribution in [1.29, 1.82) is 0 Å². The van der Waals surface area contributed by atoms with Crippen molar-refractivity contribution in [2.75, 3.05) is 13.1 Å². The highest BCUT2D eigenvalue weighted by atomic mass is 32.2. The van der Waals surface area contributed by atoms with Gasteiger partial charge in [-0.15, -0.1) is 0 Å². The average Bonchev–Trinajstić information content (AvgIpc) is 2.79. The molecule has 0 spiro atoms. The molecular formula is C25H28FN3O4S. The number of hydrogen-bond donors (Lipinski definition) is 1. The predicted molar refractivity (Wildman–Crippen MR) is 128 cm³/mol. The normalized spacial score (nSPS) is 11.6. The van der Waals surface area contributed by atoms with E-state index in [0.29, 0.717) is 41.4 Å². The average molecular weight is 486 g/mol. The summed E-state index contributed by atoms with van der Waals surface area (Å²) in [5, 5.41) is 0. The molecule has 9 heteroatoms. The van der Waals surface area contributed by atoms with E-state index in [4.69, 9.17) is 9.97 Å². The van der Waals surface area contributed by atoms with Gasteiger partial charge in [0.25, 0.3) is 16.0 Å². The minimum atomic E-state index is -4.29. The molecule has 1 amide bonds. The molecule has 1 N–H and O–H groups in total. The van der Waals surface area contributed by atoms with Crippen molar-refractivity contribution < 1.29 is 22.2 Å². The monoisotopic (exact) mass is 485 g/mol. The Kier molecular flexibility index (Phi) is 7.78. The third-order valence-electron chi connectivity index (χ3n) is 5.50. The topological polar surface area (TPSA) is 100 Å². The maximum atomic E-state index is 13.6. The van der Waals surface area contributed by atoms with E-state index in [9.17, 15) is 22.2 Å². The van der Waals surface area contributed by atoms with Gasteiger partial charge in [0, 0.05) is 25.1 Å². The fraction of sp³-hybridized carbons (Fsp3) is 0.320. The summed E-state index contributed by atoms with van der Waals surface area (Å²) in [5.74, 6) is -0.217. The van der Waals surface area contributed by atoms with Gasteiger partial charge in [0.2, 0.25) is 0 Å². The summed E-state index contributed by atoms with van der Waals surface area (Å²) in [6.45, 7) is 8.75. The van der Waals surface area contributed by atoms with E-state index in [2.05, 4.69) is 0 Å². The second-order valence-corrected chi connectivity index (χ2v) is 9.61. The van der Waals surface area contributed by atoms with Gasteiger partial charge < -0.3 is 4.90 Å². The number of hydrogen-bond acceptors (Lipinski definition) is 5. The molecular weight excluding hydrogens is 457 g/mol. The van der Waals surface area contributed by atoms with Crippen molar-refractivity contribution in [3.05, 3.63) is 77.0 Å². The Balaban J connectivity index is 2.17. The lowest BCUT2D eigenvalue weighted by atomic mass is 9.96. The Morgan fingerprint density at radius 2 is 1.59 bits per heavy atom. The summed E-state index contributed by atoms with van der Waals surface area (Å²) in [7, 11) is -4.29. The molecule has 1 aromatic heterocycles. The number of carbonyl (C=O) groups is 1. The summed E-state index contributed by atoms with van der Waals surface area (Å²) in [6, 6.07) is 11.6. The van der Waals surface area contributed by atoms with Gasteiger partial charge in [-0.1, -0.05) is 26.0 Å². The van der Waals surface area contributed by atoms with Gasteiger partial charge in [0.1, 0.15) is 11.6 Å². The van der Waals surface area contributed by atoms with Gasteiger partial charge in [-0.25, -0.2) is 14.4 Å². The number of amides is 1. The first-order chi connectivity index (χ1) is 16.0. The summed E-state index contributed by atoms with van der Waals surface area (Å²) >= 11 is 0. The third kappa shape index (κ3) is 5.66. The standard InChI is InChI=1S/C25H28FN3O4S/c1-5-29(6-2)25(30)22-23(16(3)4)27-21(28-24(22)18-9-11-19(26)12-10-18)15-17-7-13-20(14-8-17)34(31,32)33/h7-14,16H,5-6,15H2,1-4H3,(H,31,32,33). The smallest absolute Gasteiger partial charge is 0.294 e. The Morgan fingerprint density at radius 1 is 1.00 bits per heavy atom. The number of rotatable bonds is 8. The van der Waals surface area contributed by atoms with Crippen molar-refractivity contribution >= 4 is 16.0 Å². The molecule has 0 fully saturated rings. The van der Waals surface area contributed by atoms with Crippen LogP contribution in [0.15, 0.2) is 53.4 Å². The van der Waals surface area contributed by atoms with Crippen LogP contribution in [0, 0.1) is 5.82 Å². The van der Waals surface area contributed by atoms with Crippen molar-refractivity contribution in [2.45, 2.75) is 44.9 Å². The van der Waals surface area contributed by atoms with Gasteiger partial charge in [0.15, 0.2) is 0 Å². The van der Waals surface area contributed by atoms with Gasteiger partial charge in [-0.05, 0) is 61.7 Å². The third-order valence-corrected chi connectivity index (χ3v) is 6.36. The predicted octanol–water partition coefficient (Wildman–Crippen LogP) is 4.73. The second-order valence-electron chi connectivity index (χ2n) is 8.18. The van der Waals surface area contributed by atoms with Crippen molar-refractivity contribution in [2.24, 2.45) is 0 Å². The molecule has 0 aliphatic carbocycles. The second kappa shape index (κ2) is 10.4. The molecule has 3 aromatic rings. The van der Waals surface area contributed by atoms with E-state index in [1.54, 1.807) is 29.2 Å². The number of carbonyl (C=O) groups excluding carboxylic acids is 1. The van der Waals surface area contributed by atoms with Crippen molar-refractivity contribution in [3.8, 4) is 11.3 Å². The minimum absolute atomic E-state index is 0.0858. The highest BCUT2D eigenvalue weighted by Gasteiger charge is 2.26. The van der Waals surface area contributed by atoms with Crippen LogP contribution in [0.1, 0.15) is 61.1 Å². The quantitative estimate of drug-likeness (QED) is 0.463. The zero-order valence-electron chi connectivity index (χ0n) is 19.6. The molecule has 34 heavy (non-hydrogen) atoms. The minimum Gasteiger partial charge on any atom is -0.339 e. The highest BCUT2D eigenvalue weighted by Crippen LogP contribution is 2.30. The molecule has 2 aromatic carbocycles. The van der Waals surface area contributed by atoms with Crippen LogP contribution in [0.5, 0.6) is 0 Å². The Hall–Kier alpha value is -3.17. The first-order valence-electron chi connectivity index (χ1n) is 11.1. The van der Waals surface area contributed by atoms with Crippen LogP contribution >= 0.6 is 0 Å². The first-order valence-corrected chi connectivity index (χ1v) is 12.5. The molecule has 0 bridgehead atoms. The molecule has 1 heterocycles. The van der Waals surface area contributed by atoms with E-state index in [-0.39, 0.29) is 23.1 Å². The summed E-state index contributed by atoms with van der Waals surface area (Å²) in [6.07, 6.45) is 0.277. The van der Waals surface area contributed by atoms with E-state index >= 15 is 0 Å². The van der Waals surface area contributed by atoms with E-state index in [1.807, 2.05) is 27.7 Å². The molecule has 7 nitrogen and oxygen atoms in total. The number of aromatic nitrogens is 2. The molecule has 0 aliphatic heterocycles. The van der Waals surface area contributed by atoms with Crippen LogP contribution in [0.2, 0.25) is 0 Å². The fourth-order valence-electron chi connectivity index (χ4n) is 3.68. The van der Waals surface area contributed by atoms with Gasteiger partial charge in [0.05, 0.1) is 21.8 Å². The largest absolute Gasteiger partial charge is 0.339 e.